The number of carbonyl (C=O) groups excluding carboxylic acids is 1. The Morgan fingerprint density at radius 2 is 1.98 bits per heavy atom. The first-order valence-corrected chi connectivity index (χ1v) is 14.9. The molecule has 0 bridgehead atoms. The average molecular weight is 640 g/mol. The SMILES string of the molecule is C=CC(=O)N1CC[C@H](n2cnc3c(N4CC(N(C)C)C4)nc4c(F)c(-c5ccccc5C(F)(F)F)c(Cl)cc4c32)C[C@H]1CC#N. The van der Waals surface area contributed by atoms with Crippen molar-refractivity contribution in [1.29, 1.82) is 5.26 Å². The maximum atomic E-state index is 16.6. The number of likely N-dealkylation sites (N-methyl/N-ethyl adjacent to an activating group) is 1. The Bertz CT molecular complexity index is 1860. The van der Waals surface area contributed by atoms with E-state index in [0.717, 1.165) is 6.07 Å². The number of hydrogen-bond acceptors (Lipinski definition) is 6. The molecular formula is C32H30ClF4N7O. The number of alkyl halides is 3. The lowest BCUT2D eigenvalue weighted by Crippen LogP contribution is -2.57. The van der Waals surface area contributed by atoms with E-state index < -0.39 is 17.6 Å². The van der Waals surface area contributed by atoms with Crippen LogP contribution in [-0.4, -0.2) is 76.1 Å². The van der Waals surface area contributed by atoms with E-state index in [1.165, 1.54) is 30.3 Å². The summed E-state index contributed by atoms with van der Waals surface area (Å²) in [5, 5.41) is 9.61. The fraction of sp³-hybridized carbons (Fsp3) is 0.375. The molecule has 2 aliphatic rings. The van der Waals surface area contributed by atoms with Crippen molar-refractivity contribution in [3.63, 3.8) is 0 Å². The zero-order valence-electron chi connectivity index (χ0n) is 24.7. The maximum Gasteiger partial charge on any atom is 0.417 e. The van der Waals surface area contributed by atoms with Crippen LogP contribution in [0, 0.1) is 17.1 Å². The van der Waals surface area contributed by atoms with Crippen molar-refractivity contribution >= 4 is 45.3 Å². The summed E-state index contributed by atoms with van der Waals surface area (Å²) in [6.07, 6.45) is -0.753. The van der Waals surface area contributed by atoms with Gasteiger partial charge in [0, 0.05) is 48.7 Å². The molecule has 4 heterocycles. The van der Waals surface area contributed by atoms with Gasteiger partial charge in [-0.25, -0.2) is 14.4 Å². The van der Waals surface area contributed by atoms with Gasteiger partial charge in [0.25, 0.3) is 0 Å². The minimum Gasteiger partial charge on any atom is -0.351 e. The minimum absolute atomic E-state index is 0.114. The number of anilines is 1. The van der Waals surface area contributed by atoms with E-state index in [1.807, 2.05) is 23.6 Å². The van der Waals surface area contributed by atoms with Crippen molar-refractivity contribution < 1.29 is 22.4 Å². The van der Waals surface area contributed by atoms with Crippen LogP contribution in [0.5, 0.6) is 0 Å². The monoisotopic (exact) mass is 639 g/mol. The van der Waals surface area contributed by atoms with Crippen LogP contribution in [-0.2, 0) is 11.0 Å². The molecule has 1 amide bonds. The third-order valence-corrected chi connectivity index (χ3v) is 9.23. The largest absolute Gasteiger partial charge is 0.417 e. The number of benzene rings is 2. The molecule has 0 unspecified atom stereocenters. The molecule has 2 aromatic carbocycles. The van der Waals surface area contributed by atoms with Crippen molar-refractivity contribution in [3.05, 3.63) is 65.7 Å². The molecule has 0 spiro atoms. The van der Waals surface area contributed by atoms with E-state index in [-0.39, 0.29) is 52.1 Å². The van der Waals surface area contributed by atoms with Gasteiger partial charge in [0.05, 0.1) is 34.9 Å². The van der Waals surface area contributed by atoms with Crippen LogP contribution in [0.15, 0.2) is 49.3 Å². The highest BCUT2D eigenvalue weighted by Crippen LogP contribution is 2.45. The van der Waals surface area contributed by atoms with Crippen LogP contribution in [0.1, 0.15) is 30.9 Å². The molecule has 4 aromatic rings. The topological polar surface area (TPSA) is 81.3 Å². The molecule has 0 saturated carbocycles. The van der Waals surface area contributed by atoms with Crippen molar-refractivity contribution in [2.45, 2.75) is 43.6 Å². The second kappa shape index (κ2) is 11.6. The molecule has 6 rings (SSSR count). The Balaban J connectivity index is 1.56. The third-order valence-electron chi connectivity index (χ3n) is 8.93. The number of piperidine rings is 1. The van der Waals surface area contributed by atoms with Gasteiger partial charge in [-0.3, -0.25) is 4.79 Å². The molecule has 0 radical (unpaired) electrons. The molecule has 0 N–H and O–H groups in total. The van der Waals surface area contributed by atoms with Crippen LogP contribution in [0.3, 0.4) is 0 Å². The molecule has 2 atom stereocenters. The van der Waals surface area contributed by atoms with Crippen molar-refractivity contribution in [3.8, 4) is 17.2 Å². The Morgan fingerprint density at radius 1 is 1.24 bits per heavy atom. The third kappa shape index (κ3) is 5.27. The standard InChI is InChI=1S/C32H30ClF4N7O/c1-4-25(45)43-12-10-19(13-18(43)9-11-38)44-17-39-29-30(44)22-14-24(33)26(21-7-5-6-8-23(21)32(35,36)37)27(34)28(22)40-31(29)42-15-20(16-42)41(2)3/h4-8,14,17-20H,1,9-10,12-13,15-16H2,2-3H3/t18-,19+/m1/s1. The van der Waals surface area contributed by atoms with E-state index in [2.05, 4.69) is 17.5 Å². The van der Waals surface area contributed by atoms with Gasteiger partial charge >= 0.3 is 6.18 Å². The molecule has 2 saturated heterocycles. The maximum absolute atomic E-state index is 16.6. The summed E-state index contributed by atoms with van der Waals surface area (Å²) in [4.78, 5) is 27.6. The summed E-state index contributed by atoms with van der Waals surface area (Å²) >= 11 is 6.63. The predicted molar refractivity (Wildman–Crippen MR) is 164 cm³/mol. The van der Waals surface area contributed by atoms with Gasteiger partial charge in [-0.2, -0.15) is 18.4 Å². The number of likely N-dealkylation sites (tertiary alicyclic amines) is 1. The summed E-state index contributed by atoms with van der Waals surface area (Å²) in [5.74, 6) is -0.781. The molecule has 13 heteroatoms. The van der Waals surface area contributed by atoms with E-state index in [9.17, 15) is 23.2 Å². The fourth-order valence-corrected chi connectivity index (χ4v) is 6.78. The van der Waals surface area contributed by atoms with Crippen molar-refractivity contribution in [2.75, 3.05) is 38.6 Å². The van der Waals surface area contributed by atoms with Crippen LogP contribution in [0.25, 0.3) is 33.1 Å². The lowest BCUT2D eigenvalue weighted by Gasteiger charge is -2.43. The number of aromatic nitrogens is 3. The lowest BCUT2D eigenvalue weighted by molar-refractivity contribution is -0.137. The molecule has 2 fully saturated rings. The summed E-state index contributed by atoms with van der Waals surface area (Å²) in [6, 6.07) is 8.04. The first-order chi connectivity index (χ1) is 21.4. The first kappa shape index (κ1) is 30.8. The number of carbonyl (C=O) groups is 1. The number of hydrogen-bond donors (Lipinski definition) is 0. The Morgan fingerprint density at radius 3 is 2.64 bits per heavy atom. The highest BCUT2D eigenvalue weighted by molar-refractivity contribution is 6.35. The van der Waals surface area contributed by atoms with Crippen molar-refractivity contribution in [2.24, 2.45) is 0 Å². The Hall–Kier alpha value is -4.21. The van der Waals surface area contributed by atoms with E-state index in [1.54, 1.807) is 11.2 Å². The number of pyridine rings is 1. The number of rotatable bonds is 6. The van der Waals surface area contributed by atoms with Gasteiger partial charge in [-0.15, -0.1) is 0 Å². The minimum atomic E-state index is -4.73. The number of amides is 1. The number of fused-ring (bicyclic) bond motifs is 3. The van der Waals surface area contributed by atoms with E-state index in [4.69, 9.17) is 21.6 Å². The van der Waals surface area contributed by atoms with Gasteiger partial charge < -0.3 is 19.3 Å². The van der Waals surface area contributed by atoms with Crippen LogP contribution >= 0.6 is 11.6 Å². The lowest BCUT2D eigenvalue weighted by atomic mass is 9.94. The van der Waals surface area contributed by atoms with Crippen LogP contribution in [0.2, 0.25) is 5.02 Å². The van der Waals surface area contributed by atoms with Crippen molar-refractivity contribution in [1.82, 2.24) is 24.3 Å². The second-order valence-electron chi connectivity index (χ2n) is 11.7. The number of imidazole rings is 1. The molecular weight excluding hydrogens is 610 g/mol. The fourth-order valence-electron chi connectivity index (χ4n) is 6.48. The summed E-state index contributed by atoms with van der Waals surface area (Å²) < 4.78 is 60.5. The first-order valence-electron chi connectivity index (χ1n) is 14.5. The van der Waals surface area contributed by atoms with Gasteiger partial charge in [0.2, 0.25) is 5.91 Å². The van der Waals surface area contributed by atoms with Gasteiger partial charge in [0.15, 0.2) is 11.6 Å². The van der Waals surface area contributed by atoms with Gasteiger partial charge in [0.1, 0.15) is 11.0 Å². The number of nitrogens with zero attached hydrogens (tertiary/aromatic N) is 7. The normalized spacial score (nSPS) is 19.3. The summed E-state index contributed by atoms with van der Waals surface area (Å²) in [6.45, 7) is 5.18. The zero-order valence-corrected chi connectivity index (χ0v) is 25.4. The quantitative estimate of drug-likeness (QED) is 0.178. The van der Waals surface area contributed by atoms with Gasteiger partial charge in [-0.05, 0) is 50.7 Å². The summed E-state index contributed by atoms with van der Waals surface area (Å²) in [7, 11) is 3.93. The van der Waals surface area contributed by atoms with E-state index in [0.29, 0.717) is 54.7 Å². The second-order valence-corrected chi connectivity index (χ2v) is 12.1. The smallest absolute Gasteiger partial charge is 0.351 e. The molecule has 234 valence electrons. The molecule has 8 nitrogen and oxygen atoms in total. The highest BCUT2D eigenvalue weighted by Gasteiger charge is 2.37. The Labute approximate surface area is 262 Å². The number of halogens is 5. The molecule has 45 heavy (non-hydrogen) atoms. The van der Waals surface area contributed by atoms with Gasteiger partial charge in [-0.1, -0.05) is 36.4 Å². The zero-order chi connectivity index (χ0) is 32.2. The average Bonchev–Trinajstić information content (AvgIpc) is 3.42. The number of nitriles is 1. The van der Waals surface area contributed by atoms with E-state index >= 15 is 4.39 Å². The molecule has 0 aliphatic carbocycles. The highest BCUT2D eigenvalue weighted by atomic mass is 35.5. The Kier molecular flexibility index (Phi) is 7.95. The molecule has 2 aliphatic heterocycles. The summed E-state index contributed by atoms with van der Waals surface area (Å²) in [5.41, 5.74) is -0.805. The molecule has 2 aromatic heterocycles. The van der Waals surface area contributed by atoms with Crippen LogP contribution in [0.4, 0.5) is 23.4 Å². The van der Waals surface area contributed by atoms with Crippen LogP contribution < -0.4 is 4.90 Å². The predicted octanol–water partition coefficient (Wildman–Crippen LogP) is 6.44.